The number of amides is 1. The van der Waals surface area contributed by atoms with E-state index in [1.54, 1.807) is 13.8 Å². The van der Waals surface area contributed by atoms with E-state index in [-0.39, 0.29) is 50.2 Å². The smallest absolute Gasteiger partial charge is 0.348 e. The van der Waals surface area contributed by atoms with Gasteiger partial charge in [0.25, 0.3) is 5.91 Å². The summed E-state index contributed by atoms with van der Waals surface area (Å²) in [6, 6.07) is 5.94. The maximum atomic E-state index is 12.8. The number of hydrogen-bond acceptors (Lipinski definition) is 8. The second-order valence-electron chi connectivity index (χ2n) is 6.68. The first kappa shape index (κ1) is 25.9. The lowest BCUT2D eigenvalue weighted by Gasteiger charge is -2.09. The first-order valence-corrected chi connectivity index (χ1v) is 11.7. The lowest BCUT2D eigenvalue weighted by molar-refractivity contribution is 0.0531. The molecule has 0 fully saturated rings. The molecule has 0 bridgehead atoms. The van der Waals surface area contributed by atoms with Gasteiger partial charge in [0, 0.05) is 5.02 Å². The Kier molecular flexibility index (Phi) is 8.48. The Hall–Kier alpha value is -2.72. The lowest BCUT2D eigenvalue weighted by Crippen LogP contribution is -2.13. The highest BCUT2D eigenvalue weighted by Crippen LogP contribution is 2.37. The van der Waals surface area contributed by atoms with Crippen LogP contribution in [0, 0.1) is 6.92 Å². The first-order chi connectivity index (χ1) is 16.2. The summed E-state index contributed by atoms with van der Waals surface area (Å²) in [5, 5.41) is 3.53. The Morgan fingerprint density at radius 3 is 2.38 bits per heavy atom. The number of methoxy groups -OCH3 is 1. The number of benzene rings is 1. The summed E-state index contributed by atoms with van der Waals surface area (Å²) in [5.41, 5.74) is 0.405. The van der Waals surface area contributed by atoms with Gasteiger partial charge in [-0.05, 0) is 43.7 Å². The van der Waals surface area contributed by atoms with E-state index in [2.05, 4.69) is 5.32 Å². The molecule has 0 saturated heterocycles. The third kappa shape index (κ3) is 5.67. The maximum absolute atomic E-state index is 12.8. The van der Waals surface area contributed by atoms with Crippen LogP contribution in [0.2, 0.25) is 15.1 Å². The van der Waals surface area contributed by atoms with Crippen LogP contribution in [0.4, 0.5) is 5.00 Å². The molecule has 2 heterocycles. The van der Waals surface area contributed by atoms with Gasteiger partial charge < -0.3 is 23.9 Å². The zero-order valence-corrected chi connectivity index (χ0v) is 21.2. The number of rotatable bonds is 8. The van der Waals surface area contributed by atoms with Gasteiger partial charge in [0.05, 0.1) is 29.3 Å². The van der Waals surface area contributed by atoms with Crippen molar-refractivity contribution in [2.45, 2.75) is 20.5 Å². The Labute approximate surface area is 213 Å². The van der Waals surface area contributed by atoms with Gasteiger partial charge in [-0.25, -0.2) is 9.59 Å². The van der Waals surface area contributed by atoms with Crippen LogP contribution >= 0.6 is 46.1 Å². The van der Waals surface area contributed by atoms with Crippen molar-refractivity contribution in [3.05, 3.63) is 66.9 Å². The number of carbonyl (C=O) groups is 3. The molecule has 0 spiro atoms. The number of thiophene rings is 1. The predicted octanol–water partition coefficient (Wildman–Crippen LogP) is 6.40. The summed E-state index contributed by atoms with van der Waals surface area (Å²) < 4.78 is 21.0. The van der Waals surface area contributed by atoms with Crippen LogP contribution in [0.15, 0.2) is 28.7 Å². The van der Waals surface area contributed by atoms with Crippen molar-refractivity contribution in [1.82, 2.24) is 0 Å². The summed E-state index contributed by atoms with van der Waals surface area (Å²) in [7, 11) is 1.20. The number of anilines is 1. The van der Waals surface area contributed by atoms with Crippen LogP contribution in [-0.2, 0) is 16.1 Å². The average Bonchev–Trinajstić information content (AvgIpc) is 3.37. The van der Waals surface area contributed by atoms with E-state index in [1.807, 2.05) is 0 Å². The molecule has 0 aliphatic rings. The van der Waals surface area contributed by atoms with E-state index in [0.717, 1.165) is 11.3 Å². The normalized spacial score (nSPS) is 10.6. The summed E-state index contributed by atoms with van der Waals surface area (Å²) in [6.45, 7) is 3.33. The highest BCUT2D eigenvalue weighted by molar-refractivity contribution is 7.18. The van der Waals surface area contributed by atoms with Crippen molar-refractivity contribution in [1.29, 1.82) is 0 Å². The van der Waals surface area contributed by atoms with Crippen molar-refractivity contribution in [3.63, 3.8) is 0 Å². The quantitative estimate of drug-likeness (QED) is 0.326. The third-order valence-corrected chi connectivity index (χ3v) is 6.40. The van der Waals surface area contributed by atoms with Crippen LogP contribution in [0.3, 0.4) is 0 Å². The standard InChI is InChI=1S/C22H18Cl3NO7S/c1-4-31-22(29)18-10(2)16(21(28)30-3)20(34-18)26-19(27)15-6-5-12(33-15)9-32-17-13(24)7-11(23)8-14(17)25/h5-8H,4,9H2,1-3H3,(H,26,27). The van der Waals surface area contributed by atoms with Crippen LogP contribution in [0.1, 0.15) is 48.8 Å². The molecule has 0 aliphatic carbocycles. The molecule has 8 nitrogen and oxygen atoms in total. The van der Waals surface area contributed by atoms with Gasteiger partial charge in [-0.2, -0.15) is 0 Å². The van der Waals surface area contributed by atoms with Crippen molar-refractivity contribution in [3.8, 4) is 5.75 Å². The molecule has 12 heteroatoms. The van der Waals surface area contributed by atoms with Gasteiger partial charge in [0.1, 0.15) is 22.2 Å². The fraction of sp³-hybridized carbons (Fsp3) is 0.227. The molecule has 0 radical (unpaired) electrons. The fourth-order valence-corrected chi connectivity index (χ4v) is 4.90. The van der Waals surface area contributed by atoms with E-state index < -0.39 is 17.8 Å². The van der Waals surface area contributed by atoms with Gasteiger partial charge in [-0.3, -0.25) is 4.79 Å². The Morgan fingerprint density at radius 2 is 1.76 bits per heavy atom. The van der Waals surface area contributed by atoms with E-state index in [0.29, 0.717) is 16.3 Å². The highest BCUT2D eigenvalue weighted by Gasteiger charge is 2.27. The number of halogens is 3. The molecule has 3 rings (SSSR count). The van der Waals surface area contributed by atoms with E-state index >= 15 is 0 Å². The molecular formula is C22H18Cl3NO7S. The maximum Gasteiger partial charge on any atom is 0.348 e. The minimum atomic E-state index is -0.704. The van der Waals surface area contributed by atoms with Gasteiger partial charge in [0.15, 0.2) is 11.5 Å². The molecule has 34 heavy (non-hydrogen) atoms. The largest absolute Gasteiger partial charge is 0.483 e. The highest BCUT2D eigenvalue weighted by atomic mass is 35.5. The summed E-state index contributed by atoms with van der Waals surface area (Å²) >= 11 is 19.0. The molecule has 1 aromatic carbocycles. The van der Waals surface area contributed by atoms with Crippen LogP contribution in [-0.4, -0.2) is 31.6 Å². The van der Waals surface area contributed by atoms with E-state index in [1.165, 1.54) is 31.4 Å². The van der Waals surface area contributed by atoms with Crippen molar-refractivity contribution < 1.29 is 33.0 Å². The molecule has 0 unspecified atom stereocenters. The molecule has 3 aromatic rings. The first-order valence-electron chi connectivity index (χ1n) is 9.72. The molecule has 0 saturated carbocycles. The molecule has 1 N–H and O–H groups in total. The SMILES string of the molecule is CCOC(=O)c1sc(NC(=O)c2ccc(COc3c(Cl)cc(Cl)cc3Cl)o2)c(C(=O)OC)c1C. The zero-order valence-electron chi connectivity index (χ0n) is 18.1. The minimum absolute atomic E-state index is 0.0496. The van der Waals surface area contributed by atoms with Crippen LogP contribution in [0.25, 0.3) is 0 Å². The number of carbonyl (C=O) groups excluding carboxylic acids is 3. The van der Waals surface area contributed by atoms with Gasteiger partial charge in [-0.15, -0.1) is 11.3 Å². The third-order valence-electron chi connectivity index (χ3n) is 4.43. The number of hydrogen-bond donors (Lipinski definition) is 1. The second-order valence-corrected chi connectivity index (χ2v) is 8.95. The lowest BCUT2D eigenvalue weighted by atomic mass is 10.1. The Bertz CT molecular complexity index is 1230. The molecular weight excluding hydrogens is 529 g/mol. The summed E-state index contributed by atoms with van der Waals surface area (Å²) in [4.78, 5) is 37.4. The van der Waals surface area contributed by atoms with Crippen molar-refractivity contribution >= 4 is 69.0 Å². The molecule has 0 atom stereocenters. The molecule has 2 aromatic heterocycles. The average molecular weight is 547 g/mol. The second kappa shape index (κ2) is 11.1. The summed E-state index contributed by atoms with van der Waals surface area (Å²) in [6.07, 6.45) is 0. The monoisotopic (exact) mass is 545 g/mol. The zero-order chi connectivity index (χ0) is 25.0. The topological polar surface area (TPSA) is 104 Å². The number of esters is 2. The van der Waals surface area contributed by atoms with Crippen molar-refractivity contribution in [2.24, 2.45) is 0 Å². The van der Waals surface area contributed by atoms with Crippen molar-refractivity contribution in [2.75, 3.05) is 19.0 Å². The summed E-state index contributed by atoms with van der Waals surface area (Å²) in [5.74, 6) is -1.46. The van der Waals surface area contributed by atoms with Crippen LogP contribution < -0.4 is 10.1 Å². The predicted molar refractivity (Wildman–Crippen MR) is 129 cm³/mol. The van der Waals surface area contributed by atoms with E-state index in [4.69, 9.17) is 53.4 Å². The Morgan fingerprint density at radius 1 is 1.09 bits per heavy atom. The van der Waals surface area contributed by atoms with Gasteiger partial charge in [-0.1, -0.05) is 34.8 Å². The van der Waals surface area contributed by atoms with Crippen LogP contribution in [0.5, 0.6) is 5.75 Å². The fourth-order valence-electron chi connectivity index (χ4n) is 2.89. The minimum Gasteiger partial charge on any atom is -0.483 e. The van der Waals surface area contributed by atoms with Gasteiger partial charge in [0.2, 0.25) is 0 Å². The number of nitrogens with one attached hydrogen (secondary N) is 1. The molecule has 180 valence electrons. The van der Waals surface area contributed by atoms with E-state index in [9.17, 15) is 14.4 Å². The molecule has 1 amide bonds. The number of furan rings is 1. The van der Waals surface area contributed by atoms with Gasteiger partial charge >= 0.3 is 11.9 Å². The number of ether oxygens (including phenoxy) is 3. The Balaban J connectivity index is 1.77. The molecule has 0 aliphatic heterocycles.